The van der Waals surface area contributed by atoms with Crippen LogP contribution in [0.2, 0.25) is 0 Å². The van der Waals surface area contributed by atoms with Crippen LogP contribution in [0.1, 0.15) is 0 Å². The van der Waals surface area contributed by atoms with Gasteiger partial charge < -0.3 is 0 Å². The molecule has 0 radical (unpaired) electrons. The molecule has 10 heteroatoms. The van der Waals surface area contributed by atoms with E-state index in [0.29, 0.717) is 21.7 Å². The number of primary sulfonamides is 1. The highest BCUT2D eigenvalue weighted by Crippen LogP contribution is 2.40. The Hall–Kier alpha value is -2.92. The molecule has 0 amide bonds. The lowest BCUT2D eigenvalue weighted by atomic mass is 10.1. The molecule has 0 bridgehead atoms. The number of nitrogens with zero attached hydrogens (tertiary/aromatic N) is 1. The lowest BCUT2D eigenvalue weighted by molar-refractivity contribution is 0.594. The Morgan fingerprint density at radius 3 is 1.90 bits per heavy atom. The molecule has 4 aromatic rings. The lowest BCUT2D eigenvalue weighted by Crippen LogP contribution is -2.11. The van der Waals surface area contributed by atoms with E-state index in [1.54, 1.807) is 18.2 Å². The number of thiazole rings is 1. The topological polar surface area (TPSA) is 107 Å². The highest BCUT2D eigenvalue weighted by atomic mass is 32.2. The summed E-state index contributed by atoms with van der Waals surface area (Å²) in [4.78, 5) is 4.91. The number of benzene rings is 3. The van der Waals surface area contributed by atoms with Gasteiger partial charge in [-0.3, -0.25) is 0 Å². The van der Waals surface area contributed by atoms with Crippen molar-refractivity contribution in [2.24, 2.45) is 5.14 Å². The van der Waals surface area contributed by atoms with Crippen LogP contribution in [0.25, 0.3) is 21.7 Å². The molecule has 4 rings (SSSR count). The summed E-state index contributed by atoms with van der Waals surface area (Å²) in [6.45, 7) is 0. The summed E-state index contributed by atoms with van der Waals surface area (Å²) in [5.41, 5.74) is 1.42. The standard InChI is InChI=1S/C21H15FN2O4S3/c22-16-10-6-15(7-11-16)20-19(14-8-12-18(13-9-14)31(23,27)28)24-21(29-20)30(25,26)17-4-2-1-3-5-17/h1-13H,(H2,23,27,28). The molecule has 6 nitrogen and oxygen atoms in total. The van der Waals surface area contributed by atoms with Gasteiger partial charge in [0.25, 0.3) is 0 Å². The van der Waals surface area contributed by atoms with Gasteiger partial charge in [0, 0.05) is 5.56 Å². The molecular weight excluding hydrogens is 459 g/mol. The van der Waals surface area contributed by atoms with Crippen LogP contribution in [-0.2, 0) is 19.9 Å². The fraction of sp³-hybridized carbons (Fsp3) is 0. The van der Waals surface area contributed by atoms with Crippen LogP contribution in [-0.4, -0.2) is 21.8 Å². The molecule has 0 aliphatic rings. The van der Waals surface area contributed by atoms with Crippen molar-refractivity contribution in [3.63, 3.8) is 0 Å². The first kappa shape index (κ1) is 21.3. The van der Waals surface area contributed by atoms with Crippen LogP contribution in [0.4, 0.5) is 4.39 Å². The second-order valence-electron chi connectivity index (χ2n) is 6.55. The van der Waals surface area contributed by atoms with Gasteiger partial charge in [-0.15, -0.1) is 11.3 Å². The normalized spacial score (nSPS) is 12.1. The minimum atomic E-state index is -3.88. The maximum atomic E-state index is 13.4. The number of rotatable bonds is 5. The third kappa shape index (κ3) is 4.28. The zero-order chi connectivity index (χ0) is 22.2. The summed E-state index contributed by atoms with van der Waals surface area (Å²) in [7, 11) is -7.76. The molecule has 0 unspecified atom stereocenters. The quantitative estimate of drug-likeness (QED) is 0.469. The maximum Gasteiger partial charge on any atom is 0.238 e. The van der Waals surface area contributed by atoms with Crippen molar-refractivity contribution in [2.45, 2.75) is 14.1 Å². The molecule has 158 valence electrons. The number of sulfonamides is 1. The van der Waals surface area contributed by atoms with Crippen molar-refractivity contribution in [3.05, 3.63) is 84.7 Å². The van der Waals surface area contributed by atoms with Crippen LogP contribution in [0.15, 0.2) is 93.0 Å². The van der Waals surface area contributed by atoms with E-state index >= 15 is 0 Å². The van der Waals surface area contributed by atoms with E-state index in [4.69, 9.17) is 5.14 Å². The van der Waals surface area contributed by atoms with Crippen LogP contribution in [0.5, 0.6) is 0 Å². The van der Waals surface area contributed by atoms with Gasteiger partial charge in [0.2, 0.25) is 24.2 Å². The first-order valence-corrected chi connectivity index (χ1v) is 12.7. The molecule has 1 heterocycles. The van der Waals surface area contributed by atoms with Crippen LogP contribution >= 0.6 is 11.3 Å². The third-order valence-electron chi connectivity index (χ3n) is 4.45. The van der Waals surface area contributed by atoms with Gasteiger partial charge in [-0.05, 0) is 42.0 Å². The first-order chi connectivity index (χ1) is 14.7. The molecule has 0 aliphatic heterocycles. The molecule has 0 aliphatic carbocycles. The summed E-state index contributed by atoms with van der Waals surface area (Å²) in [5, 5.41) is 5.15. The predicted octanol–water partition coefficient (Wildman–Crippen LogP) is 4.10. The summed E-state index contributed by atoms with van der Waals surface area (Å²) in [6.07, 6.45) is 0. The Morgan fingerprint density at radius 2 is 1.32 bits per heavy atom. The number of hydrogen-bond donors (Lipinski definition) is 1. The van der Waals surface area contributed by atoms with Crippen molar-refractivity contribution in [1.29, 1.82) is 0 Å². The number of halogens is 1. The van der Waals surface area contributed by atoms with Crippen LogP contribution < -0.4 is 5.14 Å². The summed E-state index contributed by atoms with van der Waals surface area (Å²) in [6, 6.07) is 19.2. The largest absolute Gasteiger partial charge is 0.238 e. The third-order valence-corrected chi connectivity index (χ3v) is 8.63. The van der Waals surface area contributed by atoms with Gasteiger partial charge in [-0.25, -0.2) is 31.3 Å². The van der Waals surface area contributed by atoms with Gasteiger partial charge >= 0.3 is 0 Å². The minimum absolute atomic E-state index is 0.0769. The molecule has 0 fully saturated rings. The van der Waals surface area contributed by atoms with E-state index in [1.807, 2.05) is 0 Å². The smallest absolute Gasteiger partial charge is 0.225 e. The van der Waals surface area contributed by atoms with E-state index in [1.165, 1.54) is 60.7 Å². The average Bonchev–Trinajstić information content (AvgIpc) is 3.21. The molecular formula is C21H15FN2O4S3. The molecule has 31 heavy (non-hydrogen) atoms. The van der Waals surface area contributed by atoms with Gasteiger partial charge in [0.05, 0.1) is 20.4 Å². The Morgan fingerprint density at radius 1 is 0.742 bits per heavy atom. The predicted molar refractivity (Wildman–Crippen MR) is 116 cm³/mol. The fourth-order valence-electron chi connectivity index (χ4n) is 2.91. The van der Waals surface area contributed by atoms with Gasteiger partial charge in [0.1, 0.15) is 5.82 Å². The van der Waals surface area contributed by atoms with Crippen LogP contribution in [0.3, 0.4) is 0 Å². The van der Waals surface area contributed by atoms with E-state index in [9.17, 15) is 21.2 Å². The Labute approximate surface area is 182 Å². The van der Waals surface area contributed by atoms with Crippen molar-refractivity contribution in [3.8, 4) is 21.7 Å². The van der Waals surface area contributed by atoms with Gasteiger partial charge in [-0.1, -0.05) is 42.5 Å². The van der Waals surface area contributed by atoms with E-state index in [2.05, 4.69) is 4.98 Å². The van der Waals surface area contributed by atoms with Gasteiger partial charge in [-0.2, -0.15) is 0 Å². The van der Waals surface area contributed by atoms with Crippen LogP contribution in [0, 0.1) is 5.82 Å². The fourth-order valence-corrected chi connectivity index (χ4v) is 6.16. The number of aromatic nitrogens is 1. The Balaban J connectivity index is 1.90. The maximum absolute atomic E-state index is 13.4. The summed E-state index contributed by atoms with van der Waals surface area (Å²) < 4.78 is 62.6. The first-order valence-electron chi connectivity index (χ1n) is 8.86. The summed E-state index contributed by atoms with van der Waals surface area (Å²) in [5.74, 6) is -0.426. The van der Waals surface area contributed by atoms with Crippen molar-refractivity contribution < 1.29 is 21.2 Å². The molecule has 1 aromatic heterocycles. The van der Waals surface area contributed by atoms with Gasteiger partial charge in [0.15, 0.2) is 0 Å². The van der Waals surface area contributed by atoms with Crippen molar-refractivity contribution >= 4 is 31.2 Å². The van der Waals surface area contributed by atoms with Crippen molar-refractivity contribution in [2.75, 3.05) is 0 Å². The lowest BCUT2D eigenvalue weighted by Gasteiger charge is -2.04. The van der Waals surface area contributed by atoms with E-state index in [0.717, 1.165) is 11.3 Å². The molecule has 2 N–H and O–H groups in total. The summed E-state index contributed by atoms with van der Waals surface area (Å²) >= 11 is 0.960. The second-order valence-corrected chi connectivity index (χ2v) is 11.2. The Kier molecular flexibility index (Phi) is 5.48. The second kappa shape index (κ2) is 7.97. The highest BCUT2D eigenvalue weighted by molar-refractivity contribution is 7.93. The SMILES string of the molecule is NS(=O)(=O)c1ccc(-c2nc(S(=O)(=O)c3ccccc3)sc2-c2ccc(F)cc2)cc1. The van der Waals surface area contributed by atoms with Crippen molar-refractivity contribution in [1.82, 2.24) is 4.98 Å². The number of sulfone groups is 1. The number of nitrogens with two attached hydrogens (primary N) is 1. The molecule has 0 atom stereocenters. The number of hydrogen-bond acceptors (Lipinski definition) is 6. The zero-order valence-electron chi connectivity index (χ0n) is 15.8. The monoisotopic (exact) mass is 474 g/mol. The average molecular weight is 475 g/mol. The Bertz CT molecular complexity index is 1450. The molecule has 0 spiro atoms. The molecule has 0 saturated heterocycles. The van der Waals surface area contributed by atoms with E-state index in [-0.39, 0.29) is 14.1 Å². The zero-order valence-corrected chi connectivity index (χ0v) is 18.2. The molecule has 3 aromatic carbocycles. The highest BCUT2D eigenvalue weighted by Gasteiger charge is 2.26. The molecule has 0 saturated carbocycles. The van der Waals surface area contributed by atoms with E-state index < -0.39 is 25.7 Å². The minimum Gasteiger partial charge on any atom is -0.225 e.